The van der Waals surface area contributed by atoms with E-state index in [1.54, 1.807) is 6.08 Å². The molecule has 13 heavy (non-hydrogen) atoms. The van der Waals surface area contributed by atoms with E-state index in [0.29, 0.717) is 6.42 Å². The minimum Gasteiger partial charge on any atom is -0.389 e. The maximum absolute atomic E-state index is 11.2. The molecule has 0 amide bonds. The van der Waals surface area contributed by atoms with E-state index in [2.05, 4.69) is 6.92 Å². The van der Waals surface area contributed by atoms with E-state index < -0.39 is 0 Å². The van der Waals surface area contributed by atoms with Crippen LogP contribution in [0.2, 0.25) is 0 Å². The van der Waals surface area contributed by atoms with Crippen LogP contribution in [0.4, 0.5) is 0 Å². The molecule has 2 aliphatic rings. The molecule has 1 saturated carbocycles. The first kappa shape index (κ1) is 8.95. The maximum atomic E-state index is 11.2. The van der Waals surface area contributed by atoms with Crippen molar-refractivity contribution in [3.8, 4) is 0 Å². The smallest absolute Gasteiger partial charge is 0.155 e. The van der Waals surface area contributed by atoms with Gasteiger partial charge >= 0.3 is 0 Å². The lowest BCUT2D eigenvalue weighted by Crippen LogP contribution is -2.35. The van der Waals surface area contributed by atoms with Crippen LogP contribution in [0.15, 0.2) is 11.6 Å². The Morgan fingerprint density at radius 1 is 1.54 bits per heavy atom. The second kappa shape index (κ2) is 2.95. The monoisotopic (exact) mass is 180 g/mol. The first-order chi connectivity index (χ1) is 6.12. The molecule has 2 heteroatoms. The van der Waals surface area contributed by atoms with Crippen LogP contribution in [-0.2, 0) is 4.79 Å². The Kier molecular flexibility index (Phi) is 2.03. The molecule has 2 atom stereocenters. The molecule has 0 unspecified atom stereocenters. The quantitative estimate of drug-likeness (QED) is 0.617. The molecular formula is C11H16O2. The van der Waals surface area contributed by atoms with Gasteiger partial charge in [-0.2, -0.15) is 0 Å². The molecule has 0 aliphatic heterocycles. The molecule has 0 aromatic carbocycles. The molecule has 0 aromatic rings. The van der Waals surface area contributed by atoms with Crippen LogP contribution in [0, 0.1) is 5.41 Å². The van der Waals surface area contributed by atoms with Gasteiger partial charge in [-0.25, -0.2) is 0 Å². The van der Waals surface area contributed by atoms with Gasteiger partial charge in [0, 0.05) is 6.42 Å². The Balaban J connectivity index is 2.34. The number of carbonyl (C=O) groups excluding carboxylic acids is 1. The molecule has 0 bridgehead atoms. The molecule has 0 heterocycles. The van der Waals surface area contributed by atoms with E-state index in [1.807, 2.05) is 0 Å². The lowest BCUT2D eigenvalue weighted by molar-refractivity contribution is -0.116. The van der Waals surface area contributed by atoms with Crippen molar-refractivity contribution < 1.29 is 9.90 Å². The molecule has 1 fully saturated rings. The summed E-state index contributed by atoms with van der Waals surface area (Å²) in [5.41, 5.74) is 1.11. The summed E-state index contributed by atoms with van der Waals surface area (Å²) < 4.78 is 0. The van der Waals surface area contributed by atoms with Gasteiger partial charge in [-0.05, 0) is 42.7 Å². The standard InChI is InChI=1S/C11H16O2/c1-11-5-2-3-10(13)9(11)7-8(12)4-6-11/h7,10,13H,2-6H2,1H3/t10-,11+/m0/s1. The van der Waals surface area contributed by atoms with Crippen LogP contribution in [0.3, 0.4) is 0 Å². The fraction of sp³-hybridized carbons (Fsp3) is 0.727. The molecular weight excluding hydrogens is 164 g/mol. The molecule has 2 rings (SSSR count). The van der Waals surface area contributed by atoms with Crippen molar-refractivity contribution in [1.29, 1.82) is 0 Å². The number of aliphatic hydroxyl groups excluding tert-OH is 1. The lowest BCUT2D eigenvalue weighted by atomic mass is 9.65. The van der Waals surface area contributed by atoms with Crippen molar-refractivity contribution >= 4 is 5.78 Å². The fourth-order valence-electron chi connectivity index (χ4n) is 2.57. The van der Waals surface area contributed by atoms with Gasteiger partial charge in [0.25, 0.3) is 0 Å². The van der Waals surface area contributed by atoms with Gasteiger partial charge in [-0.15, -0.1) is 0 Å². The highest BCUT2D eigenvalue weighted by Crippen LogP contribution is 2.46. The average molecular weight is 180 g/mol. The van der Waals surface area contributed by atoms with Crippen molar-refractivity contribution in [2.45, 2.75) is 45.1 Å². The largest absolute Gasteiger partial charge is 0.389 e. The third-order valence-corrected chi connectivity index (χ3v) is 3.50. The molecule has 1 N–H and O–H groups in total. The van der Waals surface area contributed by atoms with E-state index in [-0.39, 0.29) is 17.3 Å². The van der Waals surface area contributed by atoms with Crippen molar-refractivity contribution in [3.63, 3.8) is 0 Å². The van der Waals surface area contributed by atoms with Crippen LogP contribution < -0.4 is 0 Å². The summed E-state index contributed by atoms with van der Waals surface area (Å²) in [5, 5.41) is 9.77. The molecule has 0 saturated heterocycles. The van der Waals surface area contributed by atoms with E-state index in [0.717, 1.165) is 31.3 Å². The second-order valence-corrected chi connectivity index (χ2v) is 4.53. The topological polar surface area (TPSA) is 37.3 Å². The first-order valence-corrected chi connectivity index (χ1v) is 5.05. The second-order valence-electron chi connectivity index (χ2n) is 4.53. The maximum Gasteiger partial charge on any atom is 0.155 e. The highest BCUT2D eigenvalue weighted by Gasteiger charge is 2.39. The predicted molar refractivity (Wildman–Crippen MR) is 50.3 cm³/mol. The third-order valence-electron chi connectivity index (χ3n) is 3.50. The number of ketones is 1. The summed E-state index contributed by atoms with van der Waals surface area (Å²) in [6, 6.07) is 0. The van der Waals surface area contributed by atoms with Gasteiger partial charge in [0.15, 0.2) is 5.78 Å². The van der Waals surface area contributed by atoms with Crippen molar-refractivity contribution in [3.05, 3.63) is 11.6 Å². The summed E-state index contributed by atoms with van der Waals surface area (Å²) in [6.45, 7) is 2.17. The van der Waals surface area contributed by atoms with Crippen LogP contribution in [0.1, 0.15) is 39.0 Å². The third kappa shape index (κ3) is 1.44. The average Bonchev–Trinajstić information content (AvgIpc) is 2.08. The number of hydrogen-bond acceptors (Lipinski definition) is 2. The summed E-state index contributed by atoms with van der Waals surface area (Å²) >= 11 is 0. The zero-order valence-electron chi connectivity index (χ0n) is 8.05. The van der Waals surface area contributed by atoms with Gasteiger partial charge in [0.1, 0.15) is 0 Å². The molecule has 2 nitrogen and oxygen atoms in total. The van der Waals surface area contributed by atoms with Gasteiger partial charge in [0.05, 0.1) is 6.10 Å². The predicted octanol–water partition coefficient (Wildman–Crippen LogP) is 1.83. The Bertz CT molecular complexity index is 267. The van der Waals surface area contributed by atoms with E-state index in [4.69, 9.17) is 0 Å². The highest BCUT2D eigenvalue weighted by atomic mass is 16.3. The Labute approximate surface area is 78.6 Å². The zero-order chi connectivity index (χ0) is 9.47. The normalized spacial score (nSPS) is 39.7. The SMILES string of the molecule is C[C@]12CCC[C@H](O)C1=CC(=O)CC2. The molecule has 2 aliphatic carbocycles. The Hall–Kier alpha value is -0.630. The minimum absolute atomic E-state index is 0.117. The van der Waals surface area contributed by atoms with Crippen molar-refractivity contribution in [1.82, 2.24) is 0 Å². The van der Waals surface area contributed by atoms with Crippen LogP contribution >= 0.6 is 0 Å². The van der Waals surface area contributed by atoms with E-state index >= 15 is 0 Å². The van der Waals surface area contributed by atoms with Crippen molar-refractivity contribution in [2.24, 2.45) is 5.41 Å². The number of carbonyl (C=O) groups is 1. The van der Waals surface area contributed by atoms with Gasteiger partial charge in [0.2, 0.25) is 0 Å². The number of allylic oxidation sites excluding steroid dienone is 1. The summed E-state index contributed by atoms with van der Waals surface area (Å²) in [7, 11) is 0. The molecule has 72 valence electrons. The number of hydrogen-bond donors (Lipinski definition) is 1. The van der Waals surface area contributed by atoms with Crippen LogP contribution in [-0.4, -0.2) is 17.0 Å². The summed E-state index contributed by atoms with van der Waals surface area (Å²) in [6.07, 6.45) is 5.96. The fourth-order valence-corrected chi connectivity index (χ4v) is 2.57. The van der Waals surface area contributed by atoms with Crippen LogP contribution in [0.5, 0.6) is 0 Å². The number of rotatable bonds is 0. The first-order valence-electron chi connectivity index (χ1n) is 5.05. The van der Waals surface area contributed by atoms with Gasteiger partial charge in [-0.1, -0.05) is 6.92 Å². The summed E-state index contributed by atoms with van der Waals surface area (Å²) in [5.74, 6) is 0.188. The van der Waals surface area contributed by atoms with E-state index in [9.17, 15) is 9.90 Å². The van der Waals surface area contributed by atoms with E-state index in [1.165, 1.54) is 0 Å². The molecule has 0 aromatic heterocycles. The molecule has 0 spiro atoms. The van der Waals surface area contributed by atoms with Gasteiger partial charge < -0.3 is 5.11 Å². The zero-order valence-corrected chi connectivity index (χ0v) is 8.05. The Morgan fingerprint density at radius 3 is 3.08 bits per heavy atom. The Morgan fingerprint density at radius 2 is 2.31 bits per heavy atom. The summed E-state index contributed by atoms with van der Waals surface area (Å²) in [4.78, 5) is 11.2. The number of aliphatic hydroxyl groups is 1. The lowest BCUT2D eigenvalue weighted by Gasteiger charge is -2.41. The van der Waals surface area contributed by atoms with Gasteiger partial charge in [-0.3, -0.25) is 4.79 Å². The molecule has 0 radical (unpaired) electrons. The highest BCUT2D eigenvalue weighted by molar-refractivity contribution is 5.91. The number of fused-ring (bicyclic) bond motifs is 1. The van der Waals surface area contributed by atoms with Crippen LogP contribution in [0.25, 0.3) is 0 Å². The minimum atomic E-state index is -0.358. The van der Waals surface area contributed by atoms with Crippen molar-refractivity contribution in [2.75, 3.05) is 0 Å².